The first-order valence-electron chi connectivity index (χ1n) is 14.8. The van der Waals surface area contributed by atoms with Crippen molar-refractivity contribution in [2.24, 2.45) is 20.5 Å². The van der Waals surface area contributed by atoms with Gasteiger partial charge in [0, 0.05) is 103 Å². The SMILES string of the molecule is O=S(=O)(O)c1cccc2c(N=Nc3ccc(N=Nc4ccc(Nc5ccccc5)c5c(S(=O)(=O)O)cccc45)c4ccccc34)cccc12.[Na].[Na]. The molecule has 0 aromatic heterocycles. The maximum atomic E-state index is 12.4. The Morgan fingerprint density at radius 3 is 1.41 bits per heavy atom. The zero-order valence-electron chi connectivity index (χ0n) is 27.3. The van der Waals surface area contributed by atoms with E-state index in [1.54, 1.807) is 54.6 Å². The average Bonchev–Trinajstić information content (AvgIpc) is 3.09. The van der Waals surface area contributed by atoms with Gasteiger partial charge in [-0.2, -0.15) is 16.8 Å². The third-order valence-corrected chi connectivity index (χ3v) is 9.66. The molecule has 2 radical (unpaired) electrons. The second kappa shape index (κ2) is 15.8. The maximum Gasteiger partial charge on any atom is 0.295 e. The summed E-state index contributed by atoms with van der Waals surface area (Å²) in [7, 11) is -9.02. The summed E-state index contributed by atoms with van der Waals surface area (Å²) in [5, 5.41) is 24.2. The molecule has 11 nitrogen and oxygen atoms in total. The molecular formula is C36H25N5Na2O6S2. The minimum atomic E-state index is -4.58. The second-order valence-corrected chi connectivity index (χ2v) is 13.7. The molecule has 0 aliphatic carbocycles. The molecule has 0 heterocycles. The molecule has 0 aliphatic rings. The van der Waals surface area contributed by atoms with E-state index < -0.39 is 20.2 Å². The van der Waals surface area contributed by atoms with E-state index in [2.05, 4.69) is 25.8 Å². The van der Waals surface area contributed by atoms with Crippen molar-refractivity contribution < 1.29 is 25.9 Å². The van der Waals surface area contributed by atoms with Gasteiger partial charge in [-0.3, -0.25) is 9.11 Å². The van der Waals surface area contributed by atoms with E-state index >= 15 is 0 Å². The normalized spacial score (nSPS) is 12.0. The van der Waals surface area contributed by atoms with Crippen LogP contribution in [0, 0.1) is 0 Å². The number of azo groups is 2. The van der Waals surface area contributed by atoms with Crippen molar-refractivity contribution in [3.63, 3.8) is 0 Å². The van der Waals surface area contributed by atoms with Crippen LogP contribution in [0.3, 0.4) is 0 Å². The number of nitrogens with zero attached hydrogens (tertiary/aromatic N) is 4. The fraction of sp³-hybridized carbons (Fsp3) is 0. The monoisotopic (exact) mass is 733 g/mol. The molecule has 7 aromatic carbocycles. The molecule has 0 saturated carbocycles. The summed E-state index contributed by atoms with van der Waals surface area (Å²) >= 11 is 0. The topological polar surface area (TPSA) is 170 Å². The van der Waals surface area contributed by atoms with Crippen LogP contribution in [0.25, 0.3) is 32.3 Å². The molecule has 0 bridgehead atoms. The van der Waals surface area contributed by atoms with Gasteiger partial charge < -0.3 is 5.32 Å². The minimum absolute atomic E-state index is 0. The molecule has 3 N–H and O–H groups in total. The molecule has 0 spiro atoms. The summed E-state index contributed by atoms with van der Waals surface area (Å²) in [6.45, 7) is 0. The van der Waals surface area contributed by atoms with Gasteiger partial charge in [0.2, 0.25) is 0 Å². The molecule has 7 rings (SSSR count). The van der Waals surface area contributed by atoms with Gasteiger partial charge in [-0.05, 0) is 54.6 Å². The first-order valence-corrected chi connectivity index (χ1v) is 17.7. The van der Waals surface area contributed by atoms with Crippen LogP contribution >= 0.6 is 0 Å². The average molecular weight is 734 g/mol. The molecule has 0 amide bonds. The van der Waals surface area contributed by atoms with Crippen molar-refractivity contribution >= 4 is 146 Å². The van der Waals surface area contributed by atoms with Crippen molar-refractivity contribution in [3.05, 3.63) is 133 Å². The first-order chi connectivity index (χ1) is 23.6. The van der Waals surface area contributed by atoms with E-state index in [4.69, 9.17) is 0 Å². The number of rotatable bonds is 8. The molecule has 0 atom stereocenters. The molecular weight excluding hydrogens is 709 g/mol. The fourth-order valence-electron chi connectivity index (χ4n) is 5.67. The summed E-state index contributed by atoms with van der Waals surface area (Å²) in [6, 6.07) is 37.6. The molecule has 0 aliphatic heterocycles. The number of hydrogen-bond acceptors (Lipinski definition) is 9. The van der Waals surface area contributed by atoms with Crippen molar-refractivity contribution in [1.29, 1.82) is 0 Å². The van der Waals surface area contributed by atoms with Gasteiger partial charge in [0.15, 0.2) is 0 Å². The van der Waals surface area contributed by atoms with Crippen LogP contribution in [0.15, 0.2) is 164 Å². The molecule has 7 aromatic rings. The van der Waals surface area contributed by atoms with Gasteiger partial charge in [0.05, 0.1) is 22.7 Å². The largest absolute Gasteiger partial charge is 0.355 e. The predicted molar refractivity (Wildman–Crippen MR) is 201 cm³/mol. The van der Waals surface area contributed by atoms with E-state index in [-0.39, 0.29) is 74.3 Å². The van der Waals surface area contributed by atoms with E-state index in [0.29, 0.717) is 44.6 Å². The molecule has 244 valence electrons. The van der Waals surface area contributed by atoms with Gasteiger partial charge in [-0.25, -0.2) is 0 Å². The van der Waals surface area contributed by atoms with Crippen LogP contribution in [0.4, 0.5) is 34.1 Å². The van der Waals surface area contributed by atoms with Gasteiger partial charge >= 0.3 is 0 Å². The van der Waals surface area contributed by atoms with Crippen LogP contribution < -0.4 is 5.32 Å². The van der Waals surface area contributed by atoms with Crippen LogP contribution in [0.5, 0.6) is 0 Å². The van der Waals surface area contributed by atoms with E-state index in [0.717, 1.165) is 16.5 Å². The Balaban J connectivity index is 0.00000252. The zero-order valence-corrected chi connectivity index (χ0v) is 33.0. The Kier molecular flexibility index (Phi) is 11.9. The summed E-state index contributed by atoms with van der Waals surface area (Å²) in [5.74, 6) is 0. The van der Waals surface area contributed by atoms with E-state index in [1.807, 2.05) is 54.6 Å². The Hall–Kier alpha value is -3.86. The van der Waals surface area contributed by atoms with Crippen molar-refractivity contribution in [1.82, 2.24) is 0 Å². The quantitative estimate of drug-likeness (QED) is 0.0793. The van der Waals surface area contributed by atoms with Crippen LogP contribution in [0.2, 0.25) is 0 Å². The summed E-state index contributed by atoms with van der Waals surface area (Å²) in [6.07, 6.45) is 0. The number of fused-ring (bicyclic) bond motifs is 3. The van der Waals surface area contributed by atoms with Crippen LogP contribution in [-0.4, -0.2) is 85.1 Å². The summed E-state index contributed by atoms with van der Waals surface area (Å²) in [5.41, 5.74) is 3.04. The number of hydrogen-bond donors (Lipinski definition) is 3. The summed E-state index contributed by atoms with van der Waals surface area (Å²) < 4.78 is 68.4. The van der Waals surface area contributed by atoms with Crippen LogP contribution in [0.1, 0.15) is 0 Å². The first kappa shape index (κ1) is 38.4. The van der Waals surface area contributed by atoms with Gasteiger partial charge in [-0.15, -0.1) is 20.5 Å². The summed E-state index contributed by atoms with van der Waals surface area (Å²) in [4.78, 5) is -0.479. The van der Waals surface area contributed by atoms with E-state index in [9.17, 15) is 25.9 Å². The molecule has 0 unspecified atom stereocenters. The van der Waals surface area contributed by atoms with Crippen molar-refractivity contribution in [2.75, 3.05) is 5.32 Å². The predicted octanol–water partition coefficient (Wildman–Crippen LogP) is 9.45. The number of anilines is 2. The zero-order chi connectivity index (χ0) is 34.2. The van der Waals surface area contributed by atoms with Gasteiger partial charge in [0.1, 0.15) is 9.79 Å². The number of benzene rings is 7. The number of nitrogens with one attached hydrogen (secondary N) is 1. The van der Waals surface area contributed by atoms with Crippen molar-refractivity contribution in [2.45, 2.75) is 9.79 Å². The van der Waals surface area contributed by atoms with Gasteiger partial charge in [0.25, 0.3) is 20.2 Å². The number of para-hydroxylation sites is 1. The molecule has 0 saturated heterocycles. The Morgan fingerprint density at radius 1 is 0.412 bits per heavy atom. The van der Waals surface area contributed by atoms with Crippen LogP contribution in [-0.2, 0) is 20.2 Å². The third kappa shape index (κ3) is 8.13. The minimum Gasteiger partial charge on any atom is -0.355 e. The molecule has 51 heavy (non-hydrogen) atoms. The molecule has 0 fully saturated rings. The Bertz CT molecular complexity index is 2710. The van der Waals surface area contributed by atoms with E-state index in [1.165, 1.54) is 24.3 Å². The fourth-order valence-corrected chi connectivity index (χ4v) is 7.11. The standard InChI is InChI=1S/C36H25N5O6S2.2Na/c42-48(43,44)34-17-7-13-26-27(34)14-6-16-29(26)38-39-30-19-20-31(25-12-5-4-11-24(25)30)40-41-32-21-22-33(37-23-9-2-1-3-10-23)36-28(32)15-8-18-35(36)49(45,46)47;;/h1-22,37H,(H,42,43,44)(H,45,46,47);;. The second-order valence-electron chi connectivity index (χ2n) is 10.9. The third-order valence-electron chi connectivity index (χ3n) is 7.86. The molecule has 15 heteroatoms. The Labute approximate surface area is 337 Å². The smallest absolute Gasteiger partial charge is 0.295 e. The maximum absolute atomic E-state index is 12.4. The Morgan fingerprint density at radius 2 is 0.824 bits per heavy atom. The van der Waals surface area contributed by atoms with Gasteiger partial charge in [-0.1, -0.05) is 78.9 Å². The van der Waals surface area contributed by atoms with Crippen molar-refractivity contribution in [3.8, 4) is 0 Å².